The number of aryl methyl sites for hydroxylation is 2. The third-order valence-electron chi connectivity index (χ3n) is 4.22. The lowest BCUT2D eigenvalue weighted by atomic mass is 10.1. The lowest BCUT2D eigenvalue weighted by Crippen LogP contribution is -2.26. The number of benzene rings is 3. The molecule has 0 heterocycles. The molecule has 2 atom stereocenters. The van der Waals surface area contributed by atoms with Crippen molar-refractivity contribution < 1.29 is 10.2 Å². The maximum absolute atomic E-state index is 9.96. The summed E-state index contributed by atoms with van der Waals surface area (Å²) < 4.78 is 0. The van der Waals surface area contributed by atoms with E-state index in [-0.39, 0.29) is 0 Å². The van der Waals surface area contributed by atoms with Crippen molar-refractivity contribution in [1.82, 2.24) is 5.32 Å². The van der Waals surface area contributed by atoms with Crippen LogP contribution in [0.15, 0.2) is 84.9 Å². The van der Waals surface area contributed by atoms with Crippen LogP contribution in [0.2, 0.25) is 0 Å². The van der Waals surface area contributed by atoms with Crippen LogP contribution in [0.1, 0.15) is 34.5 Å². The summed E-state index contributed by atoms with van der Waals surface area (Å²) in [5, 5.41) is 23.0. The molecule has 0 saturated carbocycles. The lowest BCUT2D eigenvalue weighted by Gasteiger charge is -2.15. The van der Waals surface area contributed by atoms with Crippen LogP contribution in [-0.4, -0.2) is 23.3 Å². The molecular formula is C24H29NO2. The van der Waals surface area contributed by atoms with Crippen LogP contribution in [-0.2, 0) is 0 Å². The van der Waals surface area contributed by atoms with E-state index in [9.17, 15) is 10.2 Å². The average molecular weight is 364 g/mol. The lowest BCUT2D eigenvalue weighted by molar-refractivity contribution is 0.147. The van der Waals surface area contributed by atoms with Crippen LogP contribution in [0.5, 0.6) is 0 Å². The zero-order valence-corrected chi connectivity index (χ0v) is 16.0. The first-order chi connectivity index (χ1) is 13.1. The number of rotatable bonds is 6. The van der Waals surface area contributed by atoms with Gasteiger partial charge in [0.05, 0.1) is 12.2 Å². The normalized spacial score (nSPS) is 12.6. The molecule has 0 unspecified atom stereocenters. The summed E-state index contributed by atoms with van der Waals surface area (Å²) in [6.45, 7) is 5.06. The van der Waals surface area contributed by atoms with Crippen molar-refractivity contribution in [1.29, 1.82) is 0 Å². The number of hydrogen-bond donors (Lipinski definition) is 3. The van der Waals surface area contributed by atoms with Crippen molar-refractivity contribution in [2.24, 2.45) is 0 Å². The summed E-state index contributed by atoms with van der Waals surface area (Å²) in [5.74, 6) is 0. The minimum absolute atomic E-state index is 0.425. The van der Waals surface area contributed by atoms with Gasteiger partial charge in [-0.25, -0.2) is 0 Å². The minimum Gasteiger partial charge on any atom is -0.387 e. The molecule has 3 aromatic rings. The van der Waals surface area contributed by atoms with E-state index in [0.29, 0.717) is 13.1 Å². The fourth-order valence-corrected chi connectivity index (χ4v) is 2.75. The summed E-state index contributed by atoms with van der Waals surface area (Å²) in [7, 11) is 0. The van der Waals surface area contributed by atoms with Gasteiger partial charge < -0.3 is 15.5 Å². The largest absolute Gasteiger partial charge is 0.387 e. The molecule has 3 N–H and O–H groups in total. The molecular weight excluding hydrogens is 334 g/mol. The smallest absolute Gasteiger partial charge is 0.0914 e. The monoisotopic (exact) mass is 363 g/mol. The zero-order valence-electron chi connectivity index (χ0n) is 16.0. The molecule has 0 saturated heterocycles. The highest BCUT2D eigenvalue weighted by Gasteiger charge is 2.09. The molecule has 0 aromatic heterocycles. The number of nitrogens with one attached hydrogen (secondary N) is 1. The third-order valence-corrected chi connectivity index (χ3v) is 4.22. The van der Waals surface area contributed by atoms with E-state index in [0.717, 1.165) is 11.1 Å². The maximum atomic E-state index is 9.96. The van der Waals surface area contributed by atoms with E-state index in [1.807, 2.05) is 60.7 Å². The Morgan fingerprint density at radius 3 is 1.37 bits per heavy atom. The Hall–Kier alpha value is -2.46. The van der Waals surface area contributed by atoms with Gasteiger partial charge in [-0.15, -0.1) is 0 Å². The Kier molecular flexibility index (Phi) is 8.72. The second-order valence-corrected chi connectivity index (χ2v) is 6.67. The van der Waals surface area contributed by atoms with Gasteiger partial charge in [-0.05, 0) is 25.0 Å². The third kappa shape index (κ3) is 7.75. The molecule has 0 aliphatic rings. The fourth-order valence-electron chi connectivity index (χ4n) is 2.75. The Labute approximate surface area is 162 Å². The molecule has 3 aromatic carbocycles. The van der Waals surface area contributed by atoms with Crippen LogP contribution in [0, 0.1) is 13.8 Å². The van der Waals surface area contributed by atoms with Crippen LogP contribution in [0.3, 0.4) is 0 Å². The molecule has 0 amide bonds. The van der Waals surface area contributed by atoms with Crippen molar-refractivity contribution in [3.05, 3.63) is 107 Å². The molecule has 142 valence electrons. The van der Waals surface area contributed by atoms with Gasteiger partial charge in [0, 0.05) is 13.1 Å². The van der Waals surface area contributed by atoms with Gasteiger partial charge in [0.25, 0.3) is 0 Å². The first kappa shape index (κ1) is 20.8. The van der Waals surface area contributed by atoms with Gasteiger partial charge in [-0.1, -0.05) is 96.1 Å². The standard InChI is InChI=1S/C16H19NO2.C8H10/c18-15(13-7-3-1-4-8-13)11-17-12-16(19)14-9-5-2-6-10-14;1-7-4-3-5-8(2)6-7/h1-10,15-19H,11-12H2;3-6H,1-2H3/t15-,16-;/m0./s1. The second kappa shape index (κ2) is 11.3. The highest BCUT2D eigenvalue weighted by molar-refractivity contribution is 5.20. The van der Waals surface area contributed by atoms with Crippen LogP contribution in [0.4, 0.5) is 0 Å². The second-order valence-electron chi connectivity index (χ2n) is 6.67. The van der Waals surface area contributed by atoms with Crippen molar-refractivity contribution >= 4 is 0 Å². The van der Waals surface area contributed by atoms with Crippen LogP contribution in [0.25, 0.3) is 0 Å². The quantitative estimate of drug-likeness (QED) is 0.610. The molecule has 27 heavy (non-hydrogen) atoms. The average Bonchev–Trinajstić information content (AvgIpc) is 2.69. The molecule has 3 rings (SSSR count). The topological polar surface area (TPSA) is 52.5 Å². The summed E-state index contributed by atoms with van der Waals surface area (Å²) in [4.78, 5) is 0. The summed E-state index contributed by atoms with van der Waals surface area (Å²) in [6.07, 6.45) is -1.10. The van der Waals surface area contributed by atoms with Gasteiger partial charge in [-0.2, -0.15) is 0 Å². The maximum Gasteiger partial charge on any atom is 0.0914 e. The molecule has 0 aliphatic heterocycles. The van der Waals surface area contributed by atoms with Gasteiger partial charge in [0.15, 0.2) is 0 Å². The predicted molar refractivity (Wildman–Crippen MR) is 112 cm³/mol. The predicted octanol–water partition coefficient (Wildman–Crippen LogP) is 4.35. The number of aliphatic hydroxyl groups excluding tert-OH is 2. The molecule has 0 bridgehead atoms. The van der Waals surface area contributed by atoms with Gasteiger partial charge in [-0.3, -0.25) is 0 Å². The molecule has 3 nitrogen and oxygen atoms in total. The Morgan fingerprint density at radius 2 is 1.04 bits per heavy atom. The molecule has 0 radical (unpaired) electrons. The van der Waals surface area contributed by atoms with Crippen molar-refractivity contribution in [2.75, 3.05) is 13.1 Å². The van der Waals surface area contributed by atoms with Crippen molar-refractivity contribution in [3.63, 3.8) is 0 Å². The Bertz CT molecular complexity index is 712. The Morgan fingerprint density at radius 1 is 0.630 bits per heavy atom. The highest BCUT2D eigenvalue weighted by atomic mass is 16.3. The number of hydrogen-bond acceptors (Lipinski definition) is 3. The summed E-state index contributed by atoms with van der Waals surface area (Å²) in [5.41, 5.74) is 4.43. The van der Waals surface area contributed by atoms with E-state index in [2.05, 4.69) is 43.4 Å². The molecule has 3 heteroatoms. The van der Waals surface area contributed by atoms with E-state index in [1.165, 1.54) is 11.1 Å². The Balaban J connectivity index is 0.000000273. The zero-order chi connectivity index (χ0) is 19.5. The molecule has 0 aliphatic carbocycles. The summed E-state index contributed by atoms with van der Waals surface area (Å²) >= 11 is 0. The molecule has 0 fully saturated rings. The van der Waals surface area contributed by atoms with Gasteiger partial charge >= 0.3 is 0 Å². The number of aliphatic hydroxyl groups is 2. The van der Waals surface area contributed by atoms with E-state index >= 15 is 0 Å². The first-order valence-electron chi connectivity index (χ1n) is 9.26. The van der Waals surface area contributed by atoms with Crippen molar-refractivity contribution in [2.45, 2.75) is 26.1 Å². The SMILES string of the molecule is Cc1cccc(C)c1.O[C@@H](CNC[C@H](O)c1ccccc1)c1ccccc1. The van der Waals surface area contributed by atoms with E-state index in [4.69, 9.17) is 0 Å². The minimum atomic E-state index is -0.552. The first-order valence-corrected chi connectivity index (χ1v) is 9.26. The van der Waals surface area contributed by atoms with Crippen LogP contribution < -0.4 is 5.32 Å². The van der Waals surface area contributed by atoms with Crippen LogP contribution >= 0.6 is 0 Å². The highest BCUT2D eigenvalue weighted by Crippen LogP contribution is 2.13. The summed E-state index contributed by atoms with van der Waals surface area (Å²) in [6, 6.07) is 27.4. The van der Waals surface area contributed by atoms with Gasteiger partial charge in [0.2, 0.25) is 0 Å². The van der Waals surface area contributed by atoms with E-state index < -0.39 is 12.2 Å². The van der Waals surface area contributed by atoms with E-state index in [1.54, 1.807) is 0 Å². The molecule has 0 spiro atoms. The van der Waals surface area contributed by atoms with Crippen molar-refractivity contribution in [3.8, 4) is 0 Å². The van der Waals surface area contributed by atoms with Gasteiger partial charge in [0.1, 0.15) is 0 Å². The fraction of sp³-hybridized carbons (Fsp3) is 0.250.